The number of unbranched alkanes of at least 4 members (excludes halogenated alkanes) is 2. The Bertz CT molecular complexity index is 647. The van der Waals surface area contributed by atoms with Crippen LogP contribution in [0, 0.1) is 0 Å². The Balaban J connectivity index is 2.48. The molecule has 0 N–H and O–H groups in total. The van der Waals surface area contributed by atoms with Gasteiger partial charge in [0.25, 0.3) is 0 Å². The molecule has 1 aromatic rings. The molecule has 0 saturated heterocycles. The van der Waals surface area contributed by atoms with Gasteiger partial charge in [-0.3, -0.25) is 0 Å². The van der Waals surface area contributed by atoms with Gasteiger partial charge in [-0.15, -0.1) is 0 Å². The number of hydrogen-bond donors (Lipinski definition) is 0. The van der Waals surface area contributed by atoms with Gasteiger partial charge in [0.1, 0.15) is 29.0 Å². The fraction of sp³-hybridized carbons (Fsp3) is 0.471. The molecule has 9 heteroatoms. The summed E-state index contributed by atoms with van der Waals surface area (Å²) in [5.74, 6) is 0.765. The number of benzene rings is 1. The fourth-order valence-corrected chi connectivity index (χ4v) is 2.79. The summed E-state index contributed by atoms with van der Waals surface area (Å²) in [5.41, 5.74) is 0.901. The highest BCUT2D eigenvalue weighted by Crippen LogP contribution is 2.44. The van der Waals surface area contributed by atoms with Crippen molar-refractivity contribution in [1.29, 1.82) is 0 Å². The minimum Gasteiger partial charge on any atom is -0.490 e. The molecule has 0 radical (unpaired) electrons. The Morgan fingerprint density at radius 3 is 2.38 bits per heavy atom. The van der Waals surface area contributed by atoms with Crippen LogP contribution in [0.15, 0.2) is 20.7 Å². The molecule has 0 amide bonds. The number of hydrogen-bond acceptors (Lipinski definition) is 4. The summed E-state index contributed by atoms with van der Waals surface area (Å²) in [7, 11) is 0. The molecule has 0 heterocycles. The molecule has 0 aliphatic rings. The second-order valence-electron chi connectivity index (χ2n) is 5.40. The lowest BCUT2D eigenvalue weighted by Gasteiger charge is -2.14. The highest BCUT2D eigenvalue weighted by Gasteiger charge is 2.17. The van der Waals surface area contributed by atoms with E-state index in [1.54, 1.807) is 12.1 Å². The van der Waals surface area contributed by atoms with Gasteiger partial charge in [-0.1, -0.05) is 40.0 Å². The summed E-state index contributed by atoms with van der Waals surface area (Å²) in [5, 5.41) is 4.74. The van der Waals surface area contributed by atoms with Crippen LogP contribution in [0.5, 0.6) is 11.5 Å². The Labute approximate surface area is 186 Å². The molecular weight excluding hydrogens is 532 g/mol. The van der Waals surface area contributed by atoms with Crippen molar-refractivity contribution in [2.75, 3.05) is 19.8 Å². The summed E-state index contributed by atoms with van der Waals surface area (Å²) >= 11 is 25.2. The van der Waals surface area contributed by atoms with Crippen LogP contribution in [0.4, 0.5) is 0 Å². The van der Waals surface area contributed by atoms with Crippen molar-refractivity contribution < 1.29 is 14.3 Å². The quantitative estimate of drug-likeness (QED) is 0.123. The topological polar surface area (TPSA) is 40.0 Å². The molecular formula is C17H20Br2Cl3NO3. The van der Waals surface area contributed by atoms with E-state index in [0.29, 0.717) is 36.3 Å². The predicted octanol–water partition coefficient (Wildman–Crippen LogP) is 7.62. The van der Waals surface area contributed by atoms with E-state index in [1.807, 2.05) is 13.8 Å². The lowest BCUT2D eigenvalue weighted by molar-refractivity contribution is 0.138. The summed E-state index contributed by atoms with van der Waals surface area (Å²) in [6, 6.07) is 1.60. The van der Waals surface area contributed by atoms with Crippen LogP contribution in [0.3, 0.4) is 0 Å². The minimum atomic E-state index is 0.243. The van der Waals surface area contributed by atoms with E-state index in [9.17, 15) is 0 Å². The van der Waals surface area contributed by atoms with E-state index in [1.165, 1.54) is 0 Å². The van der Waals surface area contributed by atoms with Crippen molar-refractivity contribution in [3.8, 4) is 11.5 Å². The van der Waals surface area contributed by atoms with Gasteiger partial charge in [0, 0.05) is 6.07 Å². The Morgan fingerprint density at radius 1 is 1.04 bits per heavy atom. The van der Waals surface area contributed by atoms with Gasteiger partial charge in [-0.25, -0.2) is 0 Å². The molecule has 0 aliphatic carbocycles. The van der Waals surface area contributed by atoms with Crippen LogP contribution in [0.1, 0.15) is 33.1 Å². The fourth-order valence-electron chi connectivity index (χ4n) is 1.78. The molecule has 146 valence electrons. The molecule has 4 nitrogen and oxygen atoms in total. The van der Waals surface area contributed by atoms with Gasteiger partial charge in [0.15, 0.2) is 5.75 Å². The Morgan fingerprint density at radius 2 is 1.73 bits per heavy atom. The Kier molecular flexibility index (Phi) is 12.0. The van der Waals surface area contributed by atoms with Crippen LogP contribution in [-0.4, -0.2) is 25.5 Å². The third kappa shape index (κ3) is 9.18. The lowest BCUT2D eigenvalue weighted by Crippen LogP contribution is -2.01. The lowest BCUT2D eigenvalue weighted by atomic mass is 10.2. The SMILES string of the molecule is CC(C)=NOCCCCCOc1c(Cl)cc(OCC=C(Br)Br)c(Cl)c1Cl. The number of nitrogens with zero attached hydrogens (tertiary/aromatic N) is 1. The minimum absolute atomic E-state index is 0.243. The van der Waals surface area contributed by atoms with Gasteiger partial charge >= 0.3 is 0 Å². The van der Waals surface area contributed by atoms with Crippen molar-refractivity contribution in [3.63, 3.8) is 0 Å². The zero-order valence-corrected chi connectivity index (χ0v) is 19.9. The number of rotatable bonds is 11. The predicted molar refractivity (Wildman–Crippen MR) is 117 cm³/mol. The van der Waals surface area contributed by atoms with Crippen molar-refractivity contribution in [1.82, 2.24) is 0 Å². The number of halogens is 5. The van der Waals surface area contributed by atoms with Crippen molar-refractivity contribution in [2.24, 2.45) is 5.16 Å². The third-order valence-corrected chi connectivity index (χ3v) is 4.69. The average Bonchev–Trinajstić information content (AvgIpc) is 2.56. The monoisotopic (exact) mass is 549 g/mol. The molecule has 0 spiro atoms. The summed E-state index contributed by atoms with van der Waals surface area (Å²) < 4.78 is 12.0. The van der Waals surface area contributed by atoms with Crippen LogP contribution in [-0.2, 0) is 4.84 Å². The van der Waals surface area contributed by atoms with Gasteiger partial charge in [-0.05, 0) is 71.0 Å². The maximum Gasteiger partial charge on any atom is 0.158 e. The second-order valence-corrected chi connectivity index (χ2v) is 9.34. The van der Waals surface area contributed by atoms with E-state index in [2.05, 4.69) is 37.0 Å². The first-order valence-electron chi connectivity index (χ1n) is 7.90. The molecule has 0 fully saturated rings. The van der Waals surface area contributed by atoms with E-state index in [-0.39, 0.29) is 10.0 Å². The van der Waals surface area contributed by atoms with Gasteiger partial charge in [0.05, 0.1) is 20.7 Å². The normalized spacial score (nSPS) is 10.3. The first-order valence-corrected chi connectivity index (χ1v) is 10.6. The molecule has 26 heavy (non-hydrogen) atoms. The average molecular weight is 553 g/mol. The molecule has 0 saturated carbocycles. The van der Waals surface area contributed by atoms with Gasteiger partial charge < -0.3 is 14.3 Å². The maximum absolute atomic E-state index is 6.27. The van der Waals surface area contributed by atoms with Crippen LogP contribution in [0.25, 0.3) is 0 Å². The maximum atomic E-state index is 6.27. The van der Waals surface area contributed by atoms with Crippen molar-refractivity contribution in [3.05, 3.63) is 30.6 Å². The molecule has 0 aromatic heterocycles. The second kappa shape index (κ2) is 13.1. The molecule has 0 aliphatic heterocycles. The van der Waals surface area contributed by atoms with E-state index in [4.69, 9.17) is 49.1 Å². The standard InChI is InChI=1S/C17H20Br2Cl3NO3/c1-11(2)23-26-8-5-3-4-7-25-17-12(20)10-13(15(21)16(17)22)24-9-6-14(18)19/h6,10H,3-5,7-9H2,1-2H3. The summed E-state index contributed by atoms with van der Waals surface area (Å²) in [4.78, 5) is 5.14. The highest BCUT2D eigenvalue weighted by atomic mass is 79.9. The first-order chi connectivity index (χ1) is 12.3. The van der Waals surface area contributed by atoms with Crippen molar-refractivity contribution in [2.45, 2.75) is 33.1 Å². The molecule has 0 unspecified atom stereocenters. The van der Waals surface area contributed by atoms with E-state index in [0.717, 1.165) is 28.4 Å². The highest BCUT2D eigenvalue weighted by molar-refractivity contribution is 9.28. The third-order valence-electron chi connectivity index (χ3n) is 2.93. The van der Waals surface area contributed by atoms with Crippen LogP contribution < -0.4 is 9.47 Å². The zero-order valence-electron chi connectivity index (χ0n) is 14.5. The number of ether oxygens (including phenoxy) is 2. The van der Waals surface area contributed by atoms with Gasteiger partial charge in [-0.2, -0.15) is 0 Å². The smallest absolute Gasteiger partial charge is 0.158 e. The van der Waals surface area contributed by atoms with Crippen LogP contribution in [0.2, 0.25) is 15.1 Å². The summed E-state index contributed by atoms with van der Waals surface area (Å²) in [6.45, 7) is 5.15. The molecule has 1 rings (SSSR count). The molecule has 0 bridgehead atoms. The van der Waals surface area contributed by atoms with E-state index >= 15 is 0 Å². The van der Waals surface area contributed by atoms with Crippen LogP contribution >= 0.6 is 66.7 Å². The summed E-state index contributed by atoms with van der Waals surface area (Å²) in [6.07, 6.45) is 4.45. The largest absolute Gasteiger partial charge is 0.490 e. The first kappa shape index (κ1) is 23.9. The zero-order chi connectivity index (χ0) is 19.5. The molecule has 1 aromatic carbocycles. The van der Waals surface area contributed by atoms with Gasteiger partial charge in [0.2, 0.25) is 0 Å². The Hall–Kier alpha value is -0.140. The van der Waals surface area contributed by atoms with E-state index < -0.39 is 0 Å². The number of oxime groups is 1. The molecule has 0 atom stereocenters. The van der Waals surface area contributed by atoms with Crippen molar-refractivity contribution >= 4 is 72.4 Å².